The van der Waals surface area contributed by atoms with Crippen molar-refractivity contribution in [2.24, 2.45) is 22.9 Å². The quantitative estimate of drug-likeness (QED) is 0.0327. The lowest BCUT2D eigenvalue weighted by molar-refractivity contribution is -0.384. The van der Waals surface area contributed by atoms with Crippen molar-refractivity contribution in [2.45, 2.75) is 69.2 Å². The summed E-state index contributed by atoms with van der Waals surface area (Å²) in [7, 11) is 1.49. The summed E-state index contributed by atoms with van der Waals surface area (Å²) < 4.78 is 38.7. The highest BCUT2D eigenvalue weighted by molar-refractivity contribution is 6.03. The number of allylic oxidation sites excluding steroid dienone is 1. The summed E-state index contributed by atoms with van der Waals surface area (Å²) >= 11 is 0. The molecule has 4 aliphatic rings. The molecule has 2 heterocycles. The van der Waals surface area contributed by atoms with Crippen molar-refractivity contribution >= 4 is 17.5 Å². The van der Waals surface area contributed by atoms with Gasteiger partial charge in [0, 0.05) is 49.8 Å². The molecule has 9 rings (SSSR count). The Morgan fingerprint density at radius 2 is 1.56 bits per heavy atom. The van der Waals surface area contributed by atoms with Crippen molar-refractivity contribution in [2.75, 3.05) is 33.7 Å². The minimum atomic E-state index is -1.60. The molecular formula is C55H57N3O12. The van der Waals surface area contributed by atoms with Gasteiger partial charge in [-0.3, -0.25) is 15.0 Å². The number of ether oxygens (including phenoxy) is 6. The predicted molar refractivity (Wildman–Crippen MR) is 261 cm³/mol. The fraction of sp³-hybridized carbons (Fsp3) is 0.345. The second-order valence-corrected chi connectivity index (χ2v) is 17.9. The van der Waals surface area contributed by atoms with Gasteiger partial charge >= 0.3 is 6.09 Å². The summed E-state index contributed by atoms with van der Waals surface area (Å²) in [6, 6.07) is 33.7. The number of benzene rings is 5. The van der Waals surface area contributed by atoms with E-state index >= 15 is 4.79 Å². The van der Waals surface area contributed by atoms with E-state index in [1.807, 2.05) is 72.8 Å². The Kier molecular flexibility index (Phi) is 14.8. The lowest BCUT2D eigenvalue weighted by Gasteiger charge is -2.59. The lowest BCUT2D eigenvalue weighted by Crippen LogP contribution is -2.70. The molecule has 70 heavy (non-hydrogen) atoms. The maximum Gasteiger partial charge on any atom is 0.416 e. The number of unbranched alkanes of at least 4 members (excludes halogenated alkanes) is 2. The van der Waals surface area contributed by atoms with Gasteiger partial charge < -0.3 is 43.5 Å². The van der Waals surface area contributed by atoms with Crippen molar-refractivity contribution in [1.82, 2.24) is 4.90 Å². The van der Waals surface area contributed by atoms with E-state index < -0.39 is 28.8 Å². The molecule has 0 spiro atoms. The van der Waals surface area contributed by atoms with Gasteiger partial charge in [0.25, 0.3) is 5.69 Å². The van der Waals surface area contributed by atoms with E-state index in [-0.39, 0.29) is 68.8 Å². The van der Waals surface area contributed by atoms with Gasteiger partial charge in [-0.1, -0.05) is 78.7 Å². The van der Waals surface area contributed by atoms with Crippen molar-refractivity contribution in [1.29, 1.82) is 0 Å². The molecule has 15 heteroatoms. The third-order valence-electron chi connectivity index (χ3n) is 13.7. The second-order valence-electron chi connectivity index (χ2n) is 17.9. The van der Waals surface area contributed by atoms with E-state index in [0.717, 1.165) is 47.9 Å². The van der Waals surface area contributed by atoms with Crippen LogP contribution in [-0.2, 0) is 16.1 Å². The van der Waals surface area contributed by atoms with Gasteiger partial charge in [-0.2, -0.15) is 0 Å². The molecule has 6 atom stereocenters. The number of fused-ring (bicyclic) bond motifs is 3. The molecule has 2 N–H and O–H groups in total. The Labute approximate surface area is 406 Å². The topological polar surface area (TPSA) is 181 Å². The first kappa shape index (κ1) is 47.8. The zero-order valence-corrected chi connectivity index (χ0v) is 39.0. The standard InChI is InChI=1S/C55H57N3O12/c1-3-29-67-55-51(57(34-36-15-25-49-50(30-36)66-35-65-49)54(61)69-42-22-18-40(19-23-42)58(62)63)33-47(56-64-2)45-31-39(13-7-9-27-59)44(14-8-10-28-60)52(53(45)55)46-32-43(24-26-48(46)70-55)68-41-20-16-38(17-21-41)37-11-5-4-6-12-37/h3-6,11-12,15-26,30-32,39,44,51-53,59-60H,1,7-10,13-14,27-29,33-35H2,2H3. The highest BCUT2D eigenvalue weighted by Gasteiger charge is 2.66. The molecule has 1 amide bonds. The minimum absolute atomic E-state index is 0.00935. The van der Waals surface area contributed by atoms with Crippen molar-refractivity contribution < 1.29 is 53.2 Å². The molecular weight excluding hydrogens is 895 g/mol. The fourth-order valence-electron chi connectivity index (χ4n) is 10.6. The van der Waals surface area contributed by atoms with E-state index in [1.165, 1.54) is 31.4 Å². The van der Waals surface area contributed by atoms with E-state index in [1.54, 1.807) is 17.0 Å². The molecule has 2 aliphatic heterocycles. The van der Waals surface area contributed by atoms with Gasteiger partial charge in [0.2, 0.25) is 12.6 Å². The van der Waals surface area contributed by atoms with Crippen LogP contribution in [0.3, 0.4) is 0 Å². The molecule has 0 aromatic heterocycles. The van der Waals surface area contributed by atoms with Gasteiger partial charge in [-0.05, 0) is 114 Å². The molecule has 0 radical (unpaired) electrons. The van der Waals surface area contributed by atoms with Crippen LogP contribution >= 0.6 is 0 Å². The largest absolute Gasteiger partial charge is 0.459 e. The van der Waals surface area contributed by atoms with Crippen LogP contribution in [0, 0.1) is 27.9 Å². The summed E-state index contributed by atoms with van der Waals surface area (Å²) in [5.41, 5.74) is 5.04. The van der Waals surface area contributed by atoms with Crippen LogP contribution in [0.2, 0.25) is 0 Å². The number of nitro groups is 1. The van der Waals surface area contributed by atoms with E-state index in [0.29, 0.717) is 52.9 Å². The predicted octanol–water partition coefficient (Wildman–Crippen LogP) is 10.7. The Balaban J connectivity index is 1.20. The molecule has 6 unspecified atom stereocenters. The summed E-state index contributed by atoms with van der Waals surface area (Å²) in [6.45, 7) is 4.24. The average Bonchev–Trinajstić information content (AvgIpc) is 3.85. The number of carbonyl (C=O) groups excluding carboxylic acids is 1. The van der Waals surface area contributed by atoms with Crippen LogP contribution in [0.15, 0.2) is 145 Å². The highest BCUT2D eigenvalue weighted by atomic mass is 16.7. The third-order valence-corrected chi connectivity index (χ3v) is 13.7. The number of carbonyl (C=O) groups is 1. The number of aliphatic hydroxyl groups is 2. The highest BCUT2D eigenvalue weighted by Crippen LogP contribution is 2.62. The number of non-ortho nitro benzene ring substituents is 1. The number of oxime groups is 1. The number of aliphatic hydroxyl groups excluding tert-OH is 2. The van der Waals surface area contributed by atoms with Crippen LogP contribution in [-0.4, -0.2) is 77.4 Å². The third kappa shape index (κ3) is 9.95. The summed E-state index contributed by atoms with van der Waals surface area (Å²) in [4.78, 5) is 33.3. The Morgan fingerprint density at radius 1 is 0.857 bits per heavy atom. The SMILES string of the molecule is C=CCOC12Oc3ccc(Oc4ccc(-c5ccccc5)cc4)cc3C3C(CCCCO)C(CCCCO)C=C(C(=NOC)CC1N(Cc1ccc4c(c1)OCO4)C(=O)Oc1ccc([N+](=O)[O-])cc1)C32. The Morgan fingerprint density at radius 3 is 2.29 bits per heavy atom. The summed E-state index contributed by atoms with van der Waals surface area (Å²) in [5.74, 6) is 0.437. The normalized spacial score (nSPS) is 22.2. The molecule has 5 aromatic rings. The first-order chi connectivity index (χ1) is 34.2. The zero-order valence-electron chi connectivity index (χ0n) is 39.0. The van der Waals surface area contributed by atoms with Crippen molar-refractivity contribution in [3.8, 4) is 45.6 Å². The van der Waals surface area contributed by atoms with Gasteiger partial charge in [-0.15, -0.1) is 6.58 Å². The maximum atomic E-state index is 15.1. The number of rotatable bonds is 20. The maximum absolute atomic E-state index is 15.1. The van der Waals surface area contributed by atoms with Gasteiger partial charge in [-0.25, -0.2) is 4.79 Å². The number of hydrogen-bond donors (Lipinski definition) is 2. The van der Waals surface area contributed by atoms with Gasteiger partial charge in [0.05, 0.1) is 23.2 Å². The van der Waals surface area contributed by atoms with E-state index in [4.69, 9.17) is 38.4 Å². The van der Waals surface area contributed by atoms with Crippen LogP contribution in [0.5, 0.6) is 34.5 Å². The van der Waals surface area contributed by atoms with Crippen LogP contribution < -0.4 is 23.7 Å². The average molecular weight is 952 g/mol. The number of amides is 1. The molecule has 364 valence electrons. The Bertz CT molecular complexity index is 2710. The summed E-state index contributed by atoms with van der Waals surface area (Å²) in [6.07, 6.45) is 7.53. The number of hydrogen-bond acceptors (Lipinski definition) is 13. The van der Waals surface area contributed by atoms with Crippen LogP contribution in [0.1, 0.15) is 62.0 Å². The van der Waals surface area contributed by atoms with Gasteiger partial charge in [0.1, 0.15) is 36.1 Å². The Hall–Kier alpha value is -7.20. The van der Waals surface area contributed by atoms with Crippen molar-refractivity contribution in [3.05, 3.63) is 161 Å². The molecule has 2 aliphatic carbocycles. The second kappa shape index (κ2) is 21.6. The van der Waals surface area contributed by atoms with Crippen molar-refractivity contribution in [3.63, 3.8) is 0 Å². The lowest BCUT2D eigenvalue weighted by atomic mass is 9.55. The monoisotopic (exact) mass is 951 g/mol. The number of nitrogens with zero attached hydrogens (tertiary/aromatic N) is 3. The molecule has 0 saturated heterocycles. The minimum Gasteiger partial charge on any atom is -0.459 e. The molecule has 15 nitrogen and oxygen atoms in total. The zero-order chi connectivity index (χ0) is 48.6. The van der Waals surface area contributed by atoms with Gasteiger partial charge in [0.15, 0.2) is 11.5 Å². The molecule has 1 fully saturated rings. The first-order valence-corrected chi connectivity index (χ1v) is 23.8. The number of nitro benzene ring substituents is 1. The first-order valence-electron chi connectivity index (χ1n) is 23.8. The van der Waals surface area contributed by atoms with E-state index in [2.05, 4.69) is 24.8 Å². The molecule has 1 saturated carbocycles. The van der Waals surface area contributed by atoms with E-state index in [9.17, 15) is 20.3 Å². The van der Waals surface area contributed by atoms with Crippen LogP contribution in [0.4, 0.5) is 10.5 Å². The molecule has 5 aromatic carbocycles. The fourth-order valence-corrected chi connectivity index (χ4v) is 10.6. The van der Waals surface area contributed by atoms with Crippen LogP contribution in [0.25, 0.3) is 11.1 Å². The smallest absolute Gasteiger partial charge is 0.416 e. The molecule has 0 bridgehead atoms. The summed E-state index contributed by atoms with van der Waals surface area (Å²) in [5, 5.41) is 36.3.